The van der Waals surface area contributed by atoms with E-state index in [1.54, 1.807) is 31.4 Å². The van der Waals surface area contributed by atoms with Gasteiger partial charge in [-0.2, -0.15) is 0 Å². The summed E-state index contributed by atoms with van der Waals surface area (Å²) >= 11 is 0. The molecule has 0 spiro atoms. The number of hydrogen-bond donors (Lipinski definition) is 3. The molecule has 1 aliphatic rings. The fraction of sp³-hybridized carbons (Fsp3) is 0.562. The van der Waals surface area contributed by atoms with Gasteiger partial charge in [0.25, 0.3) is 5.91 Å². The zero-order valence-corrected chi connectivity index (χ0v) is 12.9. The standard InChI is InChI=1S/C16H24N2O4/c1-21-9-10-22-13-6-4-12(5-7-13)16(20)18-14-11-17-8-2-3-15(14)19/h4-7,14-15,17,19H,2-3,8-11H2,1H3,(H,18,20). The van der Waals surface area contributed by atoms with E-state index in [2.05, 4.69) is 10.6 Å². The summed E-state index contributed by atoms with van der Waals surface area (Å²) in [5.41, 5.74) is 0.551. The molecule has 1 aromatic carbocycles. The Balaban J connectivity index is 1.88. The Morgan fingerprint density at radius 2 is 2.14 bits per heavy atom. The molecule has 0 radical (unpaired) electrons. The number of methoxy groups -OCH3 is 1. The summed E-state index contributed by atoms with van der Waals surface area (Å²) < 4.78 is 10.4. The number of benzene rings is 1. The van der Waals surface area contributed by atoms with E-state index in [0.29, 0.717) is 37.5 Å². The highest BCUT2D eigenvalue weighted by Gasteiger charge is 2.23. The van der Waals surface area contributed by atoms with Gasteiger partial charge in [0.1, 0.15) is 12.4 Å². The second-order valence-corrected chi connectivity index (χ2v) is 5.36. The molecule has 0 saturated carbocycles. The first-order valence-corrected chi connectivity index (χ1v) is 7.62. The first kappa shape index (κ1) is 16.7. The molecule has 0 aromatic heterocycles. The topological polar surface area (TPSA) is 79.8 Å². The van der Waals surface area contributed by atoms with E-state index in [9.17, 15) is 9.90 Å². The number of carbonyl (C=O) groups is 1. The van der Waals surface area contributed by atoms with Crippen LogP contribution in [0.3, 0.4) is 0 Å². The average Bonchev–Trinajstić information content (AvgIpc) is 2.73. The van der Waals surface area contributed by atoms with E-state index in [1.165, 1.54) is 0 Å². The SMILES string of the molecule is COCCOc1ccc(C(=O)NC2CNCCCC2O)cc1. The molecular formula is C16H24N2O4. The summed E-state index contributed by atoms with van der Waals surface area (Å²) in [4.78, 5) is 12.2. The molecule has 3 N–H and O–H groups in total. The van der Waals surface area contributed by atoms with Crippen molar-refractivity contribution in [2.75, 3.05) is 33.4 Å². The second-order valence-electron chi connectivity index (χ2n) is 5.36. The second kappa shape index (κ2) is 8.73. The van der Waals surface area contributed by atoms with Crippen molar-refractivity contribution < 1.29 is 19.4 Å². The minimum Gasteiger partial charge on any atom is -0.491 e. The molecule has 1 heterocycles. The van der Waals surface area contributed by atoms with E-state index < -0.39 is 6.10 Å². The maximum Gasteiger partial charge on any atom is 0.251 e. The van der Waals surface area contributed by atoms with Crippen LogP contribution in [0.4, 0.5) is 0 Å². The number of carbonyl (C=O) groups excluding carboxylic acids is 1. The molecule has 1 fully saturated rings. The third kappa shape index (κ3) is 4.98. The average molecular weight is 308 g/mol. The number of rotatable bonds is 6. The molecule has 22 heavy (non-hydrogen) atoms. The molecule has 0 aliphatic carbocycles. The number of hydrogen-bond acceptors (Lipinski definition) is 5. The maximum absolute atomic E-state index is 12.2. The number of amides is 1. The predicted molar refractivity (Wildman–Crippen MR) is 83.2 cm³/mol. The lowest BCUT2D eigenvalue weighted by Crippen LogP contribution is -2.47. The van der Waals surface area contributed by atoms with Gasteiger partial charge in [-0.1, -0.05) is 0 Å². The van der Waals surface area contributed by atoms with Crippen LogP contribution in [-0.4, -0.2) is 56.6 Å². The lowest BCUT2D eigenvalue weighted by Gasteiger charge is -2.21. The first-order valence-electron chi connectivity index (χ1n) is 7.62. The van der Waals surface area contributed by atoms with Crippen molar-refractivity contribution >= 4 is 5.91 Å². The van der Waals surface area contributed by atoms with Crippen LogP contribution >= 0.6 is 0 Å². The van der Waals surface area contributed by atoms with Gasteiger partial charge in [0.05, 0.1) is 18.8 Å². The molecule has 2 rings (SSSR count). The highest BCUT2D eigenvalue weighted by molar-refractivity contribution is 5.94. The van der Waals surface area contributed by atoms with Gasteiger partial charge in [0, 0.05) is 19.2 Å². The van der Waals surface area contributed by atoms with Crippen LogP contribution in [-0.2, 0) is 4.74 Å². The first-order chi connectivity index (χ1) is 10.7. The quantitative estimate of drug-likeness (QED) is 0.669. The molecule has 2 atom stereocenters. The van der Waals surface area contributed by atoms with Crippen LogP contribution in [0.2, 0.25) is 0 Å². The number of nitrogens with one attached hydrogen (secondary N) is 2. The molecule has 6 nitrogen and oxygen atoms in total. The monoisotopic (exact) mass is 308 g/mol. The van der Waals surface area contributed by atoms with E-state index in [0.717, 1.165) is 13.0 Å². The van der Waals surface area contributed by atoms with Crippen LogP contribution in [0.25, 0.3) is 0 Å². The third-order valence-corrected chi connectivity index (χ3v) is 3.67. The van der Waals surface area contributed by atoms with Crippen LogP contribution in [0.5, 0.6) is 5.75 Å². The minimum absolute atomic E-state index is 0.184. The maximum atomic E-state index is 12.2. The van der Waals surface area contributed by atoms with Gasteiger partial charge >= 0.3 is 0 Å². The predicted octanol–water partition coefficient (Wildman–Crippen LogP) is 0.555. The van der Waals surface area contributed by atoms with Gasteiger partial charge in [-0.15, -0.1) is 0 Å². The number of ether oxygens (including phenoxy) is 2. The van der Waals surface area contributed by atoms with Crippen molar-refractivity contribution in [3.8, 4) is 5.75 Å². The zero-order valence-electron chi connectivity index (χ0n) is 12.9. The molecule has 0 bridgehead atoms. The molecule has 6 heteroatoms. The normalized spacial score (nSPS) is 21.9. The Hall–Kier alpha value is -1.63. The van der Waals surface area contributed by atoms with Crippen LogP contribution in [0.1, 0.15) is 23.2 Å². The molecule has 122 valence electrons. The zero-order chi connectivity index (χ0) is 15.8. The largest absolute Gasteiger partial charge is 0.491 e. The summed E-state index contributed by atoms with van der Waals surface area (Å²) in [7, 11) is 1.62. The van der Waals surface area contributed by atoms with E-state index in [-0.39, 0.29) is 11.9 Å². The highest BCUT2D eigenvalue weighted by atomic mass is 16.5. The van der Waals surface area contributed by atoms with E-state index in [1.807, 2.05) is 0 Å². The molecule has 2 unspecified atom stereocenters. The summed E-state index contributed by atoms with van der Waals surface area (Å²) in [6.45, 7) is 2.46. The Labute approximate surface area is 130 Å². The molecule has 1 saturated heterocycles. The van der Waals surface area contributed by atoms with Crippen molar-refractivity contribution in [2.24, 2.45) is 0 Å². The van der Waals surface area contributed by atoms with Gasteiger partial charge in [-0.25, -0.2) is 0 Å². The van der Waals surface area contributed by atoms with Crippen LogP contribution < -0.4 is 15.4 Å². The number of aliphatic hydroxyl groups excluding tert-OH is 1. The summed E-state index contributed by atoms with van der Waals surface area (Å²) in [5.74, 6) is 0.515. The molecular weight excluding hydrogens is 284 g/mol. The van der Waals surface area contributed by atoms with E-state index in [4.69, 9.17) is 9.47 Å². The van der Waals surface area contributed by atoms with Crippen LogP contribution in [0.15, 0.2) is 24.3 Å². The highest BCUT2D eigenvalue weighted by Crippen LogP contribution is 2.13. The lowest BCUT2D eigenvalue weighted by molar-refractivity contribution is 0.0832. The fourth-order valence-electron chi connectivity index (χ4n) is 2.38. The smallest absolute Gasteiger partial charge is 0.251 e. The van der Waals surface area contributed by atoms with Gasteiger partial charge in [-0.05, 0) is 43.7 Å². The Morgan fingerprint density at radius 1 is 1.36 bits per heavy atom. The van der Waals surface area contributed by atoms with Gasteiger partial charge in [0.15, 0.2) is 0 Å². The Morgan fingerprint density at radius 3 is 2.86 bits per heavy atom. The lowest BCUT2D eigenvalue weighted by atomic mass is 10.1. The molecule has 1 aromatic rings. The Kier molecular flexibility index (Phi) is 6.64. The molecule has 1 amide bonds. The summed E-state index contributed by atoms with van der Waals surface area (Å²) in [6.07, 6.45) is 1.11. The van der Waals surface area contributed by atoms with Crippen molar-refractivity contribution in [3.05, 3.63) is 29.8 Å². The fourth-order valence-corrected chi connectivity index (χ4v) is 2.38. The van der Waals surface area contributed by atoms with Gasteiger partial charge in [0.2, 0.25) is 0 Å². The van der Waals surface area contributed by atoms with Crippen molar-refractivity contribution in [2.45, 2.75) is 25.0 Å². The van der Waals surface area contributed by atoms with Crippen molar-refractivity contribution in [3.63, 3.8) is 0 Å². The van der Waals surface area contributed by atoms with Crippen molar-refractivity contribution in [1.82, 2.24) is 10.6 Å². The third-order valence-electron chi connectivity index (χ3n) is 3.67. The molecule has 1 aliphatic heterocycles. The summed E-state index contributed by atoms with van der Waals surface area (Å²) in [6, 6.07) is 6.69. The van der Waals surface area contributed by atoms with Crippen LogP contribution in [0, 0.1) is 0 Å². The van der Waals surface area contributed by atoms with Gasteiger partial charge in [-0.3, -0.25) is 4.79 Å². The van der Waals surface area contributed by atoms with Crippen molar-refractivity contribution in [1.29, 1.82) is 0 Å². The number of aliphatic hydroxyl groups is 1. The minimum atomic E-state index is -0.504. The van der Waals surface area contributed by atoms with Gasteiger partial charge < -0.3 is 25.2 Å². The van der Waals surface area contributed by atoms with E-state index >= 15 is 0 Å². The summed E-state index contributed by atoms with van der Waals surface area (Å²) in [5, 5.41) is 16.1. The Bertz CT molecular complexity index is 464.